The maximum atomic E-state index is 6.04. The lowest BCUT2D eigenvalue weighted by Crippen LogP contribution is -2.16. The van der Waals surface area contributed by atoms with Crippen molar-refractivity contribution in [3.8, 4) is 0 Å². The van der Waals surface area contributed by atoms with E-state index in [2.05, 4.69) is 9.97 Å². The van der Waals surface area contributed by atoms with Crippen LogP contribution in [0, 0.1) is 6.92 Å². The van der Waals surface area contributed by atoms with Gasteiger partial charge in [-0.15, -0.1) is 11.3 Å². The maximum absolute atomic E-state index is 6.04. The molecule has 14 heavy (non-hydrogen) atoms. The molecule has 0 saturated carbocycles. The fourth-order valence-electron chi connectivity index (χ4n) is 1.33. The van der Waals surface area contributed by atoms with Crippen molar-refractivity contribution >= 4 is 11.3 Å². The number of imidazole rings is 1. The minimum atomic E-state index is -0.222. The molecule has 0 aliphatic heterocycles. The van der Waals surface area contributed by atoms with Crippen LogP contribution in [0.5, 0.6) is 0 Å². The second kappa shape index (κ2) is 3.51. The Kier molecular flexibility index (Phi) is 2.35. The largest absolute Gasteiger partial charge is 0.336 e. The van der Waals surface area contributed by atoms with Crippen LogP contribution in [0.2, 0.25) is 0 Å². The summed E-state index contributed by atoms with van der Waals surface area (Å²) in [6.07, 6.45) is 3.63. The van der Waals surface area contributed by atoms with Crippen LogP contribution in [0.3, 0.4) is 0 Å². The standard InChI is InChI=1S/C9H12N4S/c1-6-12-7(5-14-6)8(10)9-11-3-4-13(9)2/h3-5,8H,10H2,1-2H3. The lowest BCUT2D eigenvalue weighted by Gasteiger charge is -2.08. The summed E-state index contributed by atoms with van der Waals surface area (Å²) in [5.74, 6) is 0.843. The summed E-state index contributed by atoms with van der Waals surface area (Å²) in [7, 11) is 1.93. The first kappa shape index (κ1) is 9.36. The molecule has 1 atom stereocenters. The molecule has 0 aliphatic rings. The van der Waals surface area contributed by atoms with E-state index >= 15 is 0 Å². The lowest BCUT2D eigenvalue weighted by atomic mass is 10.2. The van der Waals surface area contributed by atoms with Crippen LogP contribution < -0.4 is 5.73 Å². The highest BCUT2D eigenvalue weighted by Gasteiger charge is 2.15. The zero-order valence-electron chi connectivity index (χ0n) is 8.14. The fraction of sp³-hybridized carbons (Fsp3) is 0.333. The molecule has 2 N–H and O–H groups in total. The van der Waals surface area contributed by atoms with Crippen molar-refractivity contribution in [2.75, 3.05) is 0 Å². The monoisotopic (exact) mass is 208 g/mol. The zero-order valence-corrected chi connectivity index (χ0v) is 8.95. The first-order chi connectivity index (χ1) is 6.68. The molecule has 0 fully saturated rings. The van der Waals surface area contributed by atoms with Gasteiger partial charge >= 0.3 is 0 Å². The number of nitrogens with zero attached hydrogens (tertiary/aromatic N) is 3. The number of rotatable bonds is 2. The summed E-state index contributed by atoms with van der Waals surface area (Å²) in [6.45, 7) is 1.97. The van der Waals surface area contributed by atoms with E-state index in [9.17, 15) is 0 Å². The highest BCUT2D eigenvalue weighted by atomic mass is 32.1. The van der Waals surface area contributed by atoms with Gasteiger partial charge in [0.1, 0.15) is 11.9 Å². The van der Waals surface area contributed by atoms with Crippen LogP contribution in [0.1, 0.15) is 22.6 Å². The summed E-state index contributed by atoms with van der Waals surface area (Å²) in [4.78, 5) is 8.55. The van der Waals surface area contributed by atoms with Crippen LogP contribution >= 0.6 is 11.3 Å². The van der Waals surface area contributed by atoms with Crippen molar-refractivity contribution in [2.24, 2.45) is 12.8 Å². The van der Waals surface area contributed by atoms with Gasteiger partial charge in [0.05, 0.1) is 10.7 Å². The Bertz CT molecular complexity index is 431. The van der Waals surface area contributed by atoms with Gasteiger partial charge in [-0.1, -0.05) is 0 Å². The molecule has 1 unspecified atom stereocenters. The summed E-state index contributed by atoms with van der Waals surface area (Å²) >= 11 is 1.61. The van der Waals surface area contributed by atoms with Crippen LogP contribution in [0.15, 0.2) is 17.8 Å². The van der Waals surface area contributed by atoms with Crippen LogP contribution in [-0.4, -0.2) is 14.5 Å². The van der Waals surface area contributed by atoms with E-state index in [0.29, 0.717) is 0 Å². The van der Waals surface area contributed by atoms with Gasteiger partial charge in [-0.25, -0.2) is 9.97 Å². The first-order valence-corrected chi connectivity index (χ1v) is 5.21. The molecule has 2 aromatic heterocycles. The summed E-state index contributed by atoms with van der Waals surface area (Å²) in [6, 6.07) is -0.222. The molecule has 2 aromatic rings. The van der Waals surface area contributed by atoms with Crippen molar-refractivity contribution in [2.45, 2.75) is 13.0 Å². The molecule has 0 saturated heterocycles. The fourth-order valence-corrected chi connectivity index (χ4v) is 1.98. The smallest absolute Gasteiger partial charge is 0.131 e. The number of hydrogen-bond donors (Lipinski definition) is 1. The predicted molar refractivity (Wildman–Crippen MR) is 56.1 cm³/mol. The van der Waals surface area contributed by atoms with Crippen molar-refractivity contribution < 1.29 is 0 Å². The summed E-state index contributed by atoms with van der Waals surface area (Å²) in [5, 5.41) is 3.01. The molecular formula is C9H12N4S. The molecule has 0 bridgehead atoms. The van der Waals surface area contributed by atoms with Crippen LogP contribution in [0.25, 0.3) is 0 Å². The second-order valence-corrected chi connectivity index (χ2v) is 4.23. The highest BCUT2D eigenvalue weighted by Crippen LogP contribution is 2.19. The third kappa shape index (κ3) is 1.56. The van der Waals surface area contributed by atoms with Crippen molar-refractivity contribution in [1.29, 1.82) is 0 Å². The number of nitrogens with two attached hydrogens (primary N) is 1. The Hall–Kier alpha value is -1.20. The van der Waals surface area contributed by atoms with Gasteiger partial charge in [0.2, 0.25) is 0 Å². The van der Waals surface area contributed by atoms with Gasteiger partial charge in [-0.3, -0.25) is 0 Å². The third-order valence-corrected chi connectivity index (χ3v) is 2.88. The highest BCUT2D eigenvalue weighted by molar-refractivity contribution is 7.09. The Balaban J connectivity index is 2.33. The molecule has 2 heterocycles. The van der Waals surface area contributed by atoms with Crippen LogP contribution in [-0.2, 0) is 7.05 Å². The molecule has 0 aliphatic carbocycles. The summed E-state index contributed by atoms with van der Waals surface area (Å²) < 4.78 is 1.92. The van der Waals surface area contributed by atoms with E-state index in [4.69, 9.17) is 5.73 Å². The van der Waals surface area contributed by atoms with E-state index in [-0.39, 0.29) is 6.04 Å². The van der Waals surface area contributed by atoms with E-state index in [0.717, 1.165) is 16.5 Å². The molecule has 5 heteroatoms. The Morgan fingerprint density at radius 3 is 2.86 bits per heavy atom. The minimum Gasteiger partial charge on any atom is -0.336 e. The SMILES string of the molecule is Cc1nc(C(N)c2nccn2C)cs1. The predicted octanol–water partition coefficient (Wildman–Crippen LogP) is 1.23. The zero-order chi connectivity index (χ0) is 10.1. The maximum Gasteiger partial charge on any atom is 0.131 e. The van der Waals surface area contributed by atoms with E-state index in [1.807, 2.05) is 30.1 Å². The number of aryl methyl sites for hydroxylation is 2. The first-order valence-electron chi connectivity index (χ1n) is 4.33. The van der Waals surface area contributed by atoms with Gasteiger partial charge in [-0.2, -0.15) is 0 Å². The Labute approximate surface area is 86.4 Å². The number of aromatic nitrogens is 3. The topological polar surface area (TPSA) is 56.7 Å². The molecule has 74 valence electrons. The van der Waals surface area contributed by atoms with Crippen molar-refractivity contribution in [1.82, 2.24) is 14.5 Å². The molecule has 0 aromatic carbocycles. The molecule has 0 spiro atoms. The quantitative estimate of drug-likeness (QED) is 0.807. The second-order valence-electron chi connectivity index (χ2n) is 3.17. The third-order valence-electron chi connectivity index (χ3n) is 2.09. The molecule has 0 radical (unpaired) electrons. The van der Waals surface area contributed by atoms with Gasteiger partial charge in [-0.05, 0) is 6.92 Å². The normalized spacial score (nSPS) is 13.1. The minimum absolute atomic E-state index is 0.222. The van der Waals surface area contributed by atoms with Crippen LogP contribution in [0.4, 0.5) is 0 Å². The summed E-state index contributed by atoms with van der Waals surface area (Å²) in [5.41, 5.74) is 6.93. The average molecular weight is 208 g/mol. The van der Waals surface area contributed by atoms with Gasteiger partial charge in [0, 0.05) is 24.8 Å². The Morgan fingerprint density at radius 1 is 1.57 bits per heavy atom. The number of hydrogen-bond acceptors (Lipinski definition) is 4. The Morgan fingerprint density at radius 2 is 2.36 bits per heavy atom. The van der Waals surface area contributed by atoms with E-state index < -0.39 is 0 Å². The van der Waals surface area contributed by atoms with E-state index in [1.54, 1.807) is 17.5 Å². The van der Waals surface area contributed by atoms with Gasteiger partial charge in [0.25, 0.3) is 0 Å². The van der Waals surface area contributed by atoms with Crippen molar-refractivity contribution in [3.05, 3.63) is 34.3 Å². The molecular weight excluding hydrogens is 196 g/mol. The molecule has 2 rings (SSSR count). The molecule has 4 nitrogen and oxygen atoms in total. The van der Waals surface area contributed by atoms with Crippen molar-refractivity contribution in [3.63, 3.8) is 0 Å². The van der Waals surface area contributed by atoms with E-state index in [1.165, 1.54) is 0 Å². The van der Waals surface area contributed by atoms with Gasteiger partial charge < -0.3 is 10.3 Å². The lowest BCUT2D eigenvalue weighted by molar-refractivity contribution is 0.702. The number of thiazole rings is 1. The molecule has 0 amide bonds. The average Bonchev–Trinajstić information content (AvgIpc) is 2.73. The van der Waals surface area contributed by atoms with Gasteiger partial charge in [0.15, 0.2) is 0 Å².